The van der Waals surface area contributed by atoms with E-state index in [1.807, 2.05) is 0 Å². The standard InChI is InChI=1S/C28H32O3/c29-25-18-16-24(17-19-25)28(27-21-7-4-8-22(27)10-5-9-21)23-14-12-20(13-15-23)6-2-1-3-11-26(30)31/h2,6,12-19,21-22,29H,1,3-5,7-11H2,(H,30,31)/b6-2+,28-27?. The third kappa shape index (κ3) is 5.28. The summed E-state index contributed by atoms with van der Waals surface area (Å²) >= 11 is 0. The number of carboxylic acids is 1. The van der Waals surface area contributed by atoms with Crippen LogP contribution in [-0.2, 0) is 4.79 Å². The van der Waals surface area contributed by atoms with Gasteiger partial charge in [-0.25, -0.2) is 0 Å². The molecule has 31 heavy (non-hydrogen) atoms. The van der Waals surface area contributed by atoms with Gasteiger partial charge in [0.25, 0.3) is 0 Å². The molecule has 0 radical (unpaired) electrons. The molecule has 2 fully saturated rings. The number of aromatic hydroxyl groups is 1. The number of hydrogen-bond acceptors (Lipinski definition) is 2. The number of rotatable bonds is 7. The summed E-state index contributed by atoms with van der Waals surface area (Å²) in [6, 6.07) is 16.4. The molecule has 0 heterocycles. The smallest absolute Gasteiger partial charge is 0.303 e. The zero-order valence-corrected chi connectivity index (χ0v) is 18.1. The van der Waals surface area contributed by atoms with Crippen molar-refractivity contribution in [3.05, 3.63) is 76.9 Å². The minimum absolute atomic E-state index is 0.217. The molecule has 2 aromatic carbocycles. The molecule has 2 bridgehead atoms. The Morgan fingerprint density at radius 1 is 0.871 bits per heavy atom. The van der Waals surface area contributed by atoms with Crippen LogP contribution in [0.3, 0.4) is 0 Å². The third-order valence-corrected chi connectivity index (χ3v) is 6.81. The number of hydrogen-bond donors (Lipinski definition) is 2. The van der Waals surface area contributed by atoms with Crippen LogP contribution in [0.5, 0.6) is 5.75 Å². The lowest BCUT2D eigenvalue weighted by molar-refractivity contribution is -0.137. The van der Waals surface area contributed by atoms with Gasteiger partial charge in [0.2, 0.25) is 0 Å². The number of aliphatic carboxylic acids is 1. The summed E-state index contributed by atoms with van der Waals surface area (Å²) in [5.74, 6) is 0.940. The van der Waals surface area contributed by atoms with Crippen LogP contribution in [0.15, 0.2) is 60.2 Å². The van der Waals surface area contributed by atoms with Gasteiger partial charge in [-0.15, -0.1) is 0 Å². The van der Waals surface area contributed by atoms with E-state index in [1.165, 1.54) is 55.2 Å². The summed E-state index contributed by atoms with van der Waals surface area (Å²) in [6.07, 6.45) is 13.7. The molecule has 2 aromatic rings. The summed E-state index contributed by atoms with van der Waals surface area (Å²) in [4.78, 5) is 10.6. The van der Waals surface area contributed by atoms with Crippen molar-refractivity contribution in [2.24, 2.45) is 11.8 Å². The molecule has 2 aliphatic carbocycles. The molecule has 4 rings (SSSR count). The number of fused-ring (bicyclic) bond motifs is 2. The number of phenols is 1. The average Bonchev–Trinajstić information content (AvgIpc) is 2.76. The summed E-state index contributed by atoms with van der Waals surface area (Å²) in [5, 5.41) is 18.6. The van der Waals surface area contributed by atoms with Gasteiger partial charge >= 0.3 is 5.97 Å². The summed E-state index contributed by atoms with van der Waals surface area (Å²) in [7, 11) is 0. The highest BCUT2D eigenvalue weighted by Crippen LogP contribution is 2.48. The Morgan fingerprint density at radius 3 is 1.97 bits per heavy atom. The molecule has 0 aromatic heterocycles. The maximum Gasteiger partial charge on any atom is 0.303 e. The first-order chi connectivity index (χ1) is 15.1. The lowest BCUT2D eigenvalue weighted by Gasteiger charge is -2.39. The fourth-order valence-corrected chi connectivity index (χ4v) is 5.35. The zero-order chi connectivity index (χ0) is 21.6. The van der Waals surface area contributed by atoms with E-state index in [2.05, 4.69) is 48.6 Å². The van der Waals surface area contributed by atoms with Crippen molar-refractivity contribution < 1.29 is 15.0 Å². The highest BCUT2D eigenvalue weighted by Gasteiger charge is 2.33. The maximum absolute atomic E-state index is 10.6. The van der Waals surface area contributed by atoms with Crippen molar-refractivity contribution in [1.82, 2.24) is 0 Å². The topological polar surface area (TPSA) is 57.5 Å². The van der Waals surface area contributed by atoms with E-state index < -0.39 is 5.97 Å². The number of carboxylic acid groups (broad SMARTS) is 1. The monoisotopic (exact) mass is 416 g/mol. The number of phenolic OH excluding ortho intramolecular Hbond substituents is 1. The molecule has 162 valence electrons. The van der Waals surface area contributed by atoms with E-state index in [1.54, 1.807) is 17.7 Å². The van der Waals surface area contributed by atoms with Crippen molar-refractivity contribution >= 4 is 17.6 Å². The second kappa shape index (κ2) is 10.00. The molecule has 0 unspecified atom stereocenters. The van der Waals surface area contributed by atoms with Crippen molar-refractivity contribution in [3.63, 3.8) is 0 Å². The first kappa shape index (κ1) is 21.4. The molecule has 0 saturated heterocycles. The molecule has 3 heteroatoms. The molecular weight excluding hydrogens is 384 g/mol. The van der Waals surface area contributed by atoms with Crippen LogP contribution >= 0.6 is 0 Å². The number of benzene rings is 2. The molecular formula is C28H32O3. The van der Waals surface area contributed by atoms with E-state index in [4.69, 9.17) is 5.11 Å². The van der Waals surface area contributed by atoms with Gasteiger partial charge in [0.1, 0.15) is 5.75 Å². The molecule has 0 spiro atoms. The third-order valence-electron chi connectivity index (χ3n) is 6.81. The van der Waals surface area contributed by atoms with Gasteiger partial charge in [0.05, 0.1) is 0 Å². The van der Waals surface area contributed by atoms with Gasteiger partial charge in [-0.05, 0) is 84.8 Å². The normalized spacial score (nSPS) is 20.7. The first-order valence-corrected chi connectivity index (χ1v) is 11.6. The Labute approximate surface area is 185 Å². The lowest BCUT2D eigenvalue weighted by Crippen LogP contribution is -2.25. The summed E-state index contributed by atoms with van der Waals surface area (Å²) < 4.78 is 0. The van der Waals surface area contributed by atoms with Crippen molar-refractivity contribution in [2.45, 2.75) is 57.8 Å². The molecule has 3 nitrogen and oxygen atoms in total. The molecule has 0 atom stereocenters. The van der Waals surface area contributed by atoms with Crippen LogP contribution in [0, 0.1) is 11.8 Å². The van der Waals surface area contributed by atoms with E-state index in [-0.39, 0.29) is 6.42 Å². The predicted octanol–water partition coefficient (Wildman–Crippen LogP) is 7.06. The Kier molecular flexibility index (Phi) is 6.91. The van der Waals surface area contributed by atoms with Gasteiger partial charge in [-0.3, -0.25) is 4.79 Å². The second-order valence-corrected chi connectivity index (χ2v) is 8.94. The minimum atomic E-state index is -0.736. The fourth-order valence-electron chi connectivity index (χ4n) is 5.35. The Hall–Kier alpha value is -2.81. The van der Waals surface area contributed by atoms with Crippen LogP contribution in [0.25, 0.3) is 11.6 Å². The summed E-state index contributed by atoms with van der Waals surface area (Å²) in [5.41, 5.74) is 6.59. The van der Waals surface area contributed by atoms with E-state index in [9.17, 15) is 9.90 Å². The molecule has 2 N–H and O–H groups in total. The average molecular weight is 417 g/mol. The summed E-state index contributed by atoms with van der Waals surface area (Å²) in [6.45, 7) is 0. The molecule has 0 amide bonds. The number of unbranched alkanes of at least 4 members (excludes halogenated alkanes) is 1. The van der Waals surface area contributed by atoms with E-state index in [0.717, 1.165) is 12.0 Å². The quantitative estimate of drug-likeness (QED) is 0.475. The largest absolute Gasteiger partial charge is 0.508 e. The van der Waals surface area contributed by atoms with Gasteiger partial charge in [0.15, 0.2) is 0 Å². The number of carbonyl (C=O) groups is 1. The van der Waals surface area contributed by atoms with Gasteiger partial charge in [0, 0.05) is 6.42 Å². The van der Waals surface area contributed by atoms with E-state index in [0.29, 0.717) is 24.0 Å². The first-order valence-electron chi connectivity index (χ1n) is 11.6. The molecule has 0 aliphatic heterocycles. The van der Waals surface area contributed by atoms with Crippen LogP contribution in [0.2, 0.25) is 0 Å². The SMILES string of the molecule is O=C(O)CCC/C=C/c1ccc(C(=C2C3CCCC2CCC3)c2ccc(O)cc2)cc1. The maximum atomic E-state index is 10.6. The van der Waals surface area contributed by atoms with Gasteiger partial charge < -0.3 is 10.2 Å². The molecule has 2 saturated carbocycles. The van der Waals surface area contributed by atoms with E-state index >= 15 is 0 Å². The van der Waals surface area contributed by atoms with Gasteiger partial charge in [-0.2, -0.15) is 0 Å². The lowest BCUT2D eigenvalue weighted by atomic mass is 9.65. The Bertz CT molecular complexity index is 927. The predicted molar refractivity (Wildman–Crippen MR) is 126 cm³/mol. The van der Waals surface area contributed by atoms with Crippen LogP contribution in [-0.4, -0.2) is 16.2 Å². The second-order valence-electron chi connectivity index (χ2n) is 8.94. The van der Waals surface area contributed by atoms with Crippen LogP contribution in [0.4, 0.5) is 0 Å². The highest BCUT2D eigenvalue weighted by atomic mass is 16.4. The highest BCUT2D eigenvalue weighted by molar-refractivity contribution is 5.83. The molecule has 2 aliphatic rings. The van der Waals surface area contributed by atoms with Crippen LogP contribution in [0.1, 0.15) is 74.5 Å². The Morgan fingerprint density at radius 2 is 1.42 bits per heavy atom. The Balaban J connectivity index is 1.63. The zero-order valence-electron chi connectivity index (χ0n) is 18.1. The van der Waals surface area contributed by atoms with Gasteiger partial charge in [-0.1, -0.05) is 67.0 Å². The van der Waals surface area contributed by atoms with Crippen molar-refractivity contribution in [2.75, 3.05) is 0 Å². The van der Waals surface area contributed by atoms with Crippen molar-refractivity contribution in [3.8, 4) is 5.75 Å². The minimum Gasteiger partial charge on any atom is -0.508 e. The number of allylic oxidation sites excluding steroid dienone is 2. The van der Waals surface area contributed by atoms with Crippen LogP contribution < -0.4 is 0 Å². The van der Waals surface area contributed by atoms with Crippen molar-refractivity contribution in [1.29, 1.82) is 0 Å². The fraction of sp³-hybridized carbons (Fsp3) is 0.393.